The fraction of sp³-hybridized carbons (Fsp3) is 0.259. The minimum atomic E-state index is -0.769. The quantitative estimate of drug-likeness (QED) is 0.332. The lowest BCUT2D eigenvalue weighted by Crippen LogP contribution is -2.29. The summed E-state index contributed by atoms with van der Waals surface area (Å²) in [6.07, 6.45) is 4.85. The number of pyridine rings is 2. The number of amides is 1. The SMILES string of the molecule is COc1cc(C)c(/C(O)=C2\C(=O)C(=O)N(Cc3ccccn3)C2c2ccncc2)cc1C(C)C. The first-order chi connectivity index (χ1) is 16.3. The predicted octanol–water partition coefficient (Wildman–Crippen LogP) is 4.54. The summed E-state index contributed by atoms with van der Waals surface area (Å²) in [6.45, 7) is 6.03. The zero-order valence-electron chi connectivity index (χ0n) is 19.6. The van der Waals surface area contributed by atoms with E-state index in [1.54, 1.807) is 50.0 Å². The highest BCUT2D eigenvalue weighted by Crippen LogP contribution is 2.41. The van der Waals surface area contributed by atoms with Crippen LogP contribution in [0.25, 0.3) is 5.76 Å². The van der Waals surface area contributed by atoms with Crippen molar-refractivity contribution in [3.8, 4) is 5.75 Å². The van der Waals surface area contributed by atoms with Crippen molar-refractivity contribution in [3.05, 3.63) is 94.6 Å². The molecule has 1 aliphatic rings. The second-order valence-electron chi connectivity index (χ2n) is 8.59. The molecule has 1 aliphatic heterocycles. The van der Waals surface area contributed by atoms with E-state index in [4.69, 9.17) is 4.74 Å². The molecule has 1 unspecified atom stereocenters. The van der Waals surface area contributed by atoms with Gasteiger partial charge < -0.3 is 14.7 Å². The molecule has 0 spiro atoms. The van der Waals surface area contributed by atoms with E-state index in [2.05, 4.69) is 9.97 Å². The molecule has 7 heteroatoms. The molecule has 4 rings (SSSR count). The Morgan fingerprint density at radius 3 is 2.47 bits per heavy atom. The van der Waals surface area contributed by atoms with Gasteiger partial charge in [0.15, 0.2) is 0 Å². The summed E-state index contributed by atoms with van der Waals surface area (Å²) in [5.41, 5.74) is 3.52. The highest BCUT2D eigenvalue weighted by molar-refractivity contribution is 6.46. The van der Waals surface area contributed by atoms with Crippen molar-refractivity contribution < 1.29 is 19.4 Å². The van der Waals surface area contributed by atoms with Gasteiger partial charge in [-0.3, -0.25) is 19.6 Å². The number of methoxy groups -OCH3 is 1. The zero-order chi connectivity index (χ0) is 24.4. The lowest BCUT2D eigenvalue weighted by molar-refractivity contribution is -0.140. The number of hydrogen-bond acceptors (Lipinski definition) is 6. The molecular weight excluding hydrogens is 430 g/mol. The van der Waals surface area contributed by atoms with E-state index in [0.29, 0.717) is 22.6 Å². The van der Waals surface area contributed by atoms with Gasteiger partial charge in [-0.05, 0) is 65.9 Å². The fourth-order valence-electron chi connectivity index (χ4n) is 4.33. The van der Waals surface area contributed by atoms with E-state index in [1.807, 2.05) is 39.0 Å². The molecule has 0 radical (unpaired) electrons. The first-order valence-electron chi connectivity index (χ1n) is 11.1. The molecule has 1 saturated heterocycles. The fourth-order valence-corrected chi connectivity index (χ4v) is 4.33. The molecule has 0 bridgehead atoms. The minimum Gasteiger partial charge on any atom is -0.507 e. The Balaban J connectivity index is 1.90. The van der Waals surface area contributed by atoms with Gasteiger partial charge in [-0.1, -0.05) is 19.9 Å². The first kappa shape index (κ1) is 23.2. The Morgan fingerprint density at radius 1 is 1.12 bits per heavy atom. The Kier molecular flexibility index (Phi) is 6.45. The molecule has 174 valence electrons. The van der Waals surface area contributed by atoms with Gasteiger partial charge in [0.1, 0.15) is 11.5 Å². The number of ether oxygens (including phenoxy) is 1. The maximum absolute atomic E-state index is 13.3. The number of carbonyl (C=O) groups excluding carboxylic acids is 2. The largest absolute Gasteiger partial charge is 0.507 e. The molecule has 1 amide bonds. The summed E-state index contributed by atoms with van der Waals surface area (Å²) in [4.78, 5) is 36.3. The van der Waals surface area contributed by atoms with Gasteiger partial charge in [-0.2, -0.15) is 0 Å². The number of likely N-dealkylation sites (tertiary alicyclic amines) is 1. The lowest BCUT2D eigenvalue weighted by Gasteiger charge is -2.25. The molecule has 1 aromatic carbocycles. The van der Waals surface area contributed by atoms with Crippen LogP contribution in [0.3, 0.4) is 0 Å². The van der Waals surface area contributed by atoms with Gasteiger partial charge in [0.2, 0.25) is 0 Å². The molecule has 0 saturated carbocycles. The number of ketones is 1. The number of aliphatic hydroxyl groups excluding tert-OH is 1. The number of aliphatic hydroxyl groups is 1. The molecule has 3 aromatic rings. The molecule has 0 aliphatic carbocycles. The maximum Gasteiger partial charge on any atom is 0.296 e. The third kappa shape index (κ3) is 4.17. The third-order valence-corrected chi connectivity index (χ3v) is 6.07. The van der Waals surface area contributed by atoms with Gasteiger partial charge in [0.05, 0.1) is 31.0 Å². The van der Waals surface area contributed by atoms with E-state index in [0.717, 1.165) is 11.1 Å². The van der Waals surface area contributed by atoms with Gasteiger partial charge in [-0.15, -0.1) is 0 Å². The van der Waals surface area contributed by atoms with Crippen LogP contribution in [0.4, 0.5) is 0 Å². The predicted molar refractivity (Wildman–Crippen MR) is 128 cm³/mol. The summed E-state index contributed by atoms with van der Waals surface area (Å²) in [5.74, 6) is -0.762. The van der Waals surface area contributed by atoms with Crippen molar-refractivity contribution in [1.29, 1.82) is 0 Å². The molecule has 1 N–H and O–H groups in total. The third-order valence-electron chi connectivity index (χ3n) is 6.07. The van der Waals surface area contributed by atoms with Crippen molar-refractivity contribution in [2.45, 2.75) is 39.3 Å². The minimum absolute atomic E-state index is 0.0510. The van der Waals surface area contributed by atoms with E-state index in [1.165, 1.54) is 4.90 Å². The molecule has 1 atom stereocenters. The van der Waals surface area contributed by atoms with E-state index < -0.39 is 17.7 Å². The van der Waals surface area contributed by atoms with Crippen LogP contribution in [0.2, 0.25) is 0 Å². The van der Waals surface area contributed by atoms with Crippen molar-refractivity contribution in [2.24, 2.45) is 0 Å². The Morgan fingerprint density at radius 2 is 1.85 bits per heavy atom. The second kappa shape index (κ2) is 9.47. The van der Waals surface area contributed by atoms with E-state index in [-0.39, 0.29) is 23.8 Å². The molecule has 1 fully saturated rings. The summed E-state index contributed by atoms with van der Waals surface area (Å²) in [6, 6.07) is 11.8. The first-order valence-corrected chi connectivity index (χ1v) is 11.1. The van der Waals surface area contributed by atoms with Gasteiger partial charge >= 0.3 is 0 Å². The highest BCUT2D eigenvalue weighted by Gasteiger charge is 2.46. The molecule has 7 nitrogen and oxygen atoms in total. The van der Waals surface area contributed by atoms with Crippen LogP contribution in [0.5, 0.6) is 5.75 Å². The Bertz CT molecular complexity index is 1250. The number of rotatable bonds is 6. The summed E-state index contributed by atoms with van der Waals surface area (Å²) in [5, 5.41) is 11.5. The van der Waals surface area contributed by atoms with E-state index in [9.17, 15) is 14.7 Å². The number of carbonyl (C=O) groups is 2. The number of hydrogen-bond donors (Lipinski definition) is 1. The molecule has 2 aromatic heterocycles. The molecular formula is C27H27N3O4. The van der Waals surface area contributed by atoms with Gasteiger partial charge in [0, 0.05) is 24.2 Å². The lowest BCUT2D eigenvalue weighted by atomic mass is 9.91. The summed E-state index contributed by atoms with van der Waals surface area (Å²) in [7, 11) is 1.60. The van der Waals surface area contributed by atoms with Crippen LogP contribution >= 0.6 is 0 Å². The number of benzene rings is 1. The smallest absolute Gasteiger partial charge is 0.296 e. The van der Waals surface area contributed by atoms with Gasteiger partial charge in [0.25, 0.3) is 11.7 Å². The standard InChI is InChI=1S/C27H27N3O4/c1-16(2)20-14-21(17(3)13-22(20)34-4)25(31)23-24(18-8-11-28-12-9-18)30(27(33)26(23)32)15-19-7-5-6-10-29-19/h5-14,16,24,31H,15H2,1-4H3/b25-23+. The number of nitrogens with zero attached hydrogens (tertiary/aromatic N) is 3. The summed E-state index contributed by atoms with van der Waals surface area (Å²) >= 11 is 0. The second-order valence-corrected chi connectivity index (χ2v) is 8.59. The molecule has 34 heavy (non-hydrogen) atoms. The van der Waals surface area contributed by atoms with Crippen LogP contribution in [0.1, 0.15) is 53.8 Å². The number of aryl methyl sites for hydroxylation is 1. The van der Waals surface area contributed by atoms with E-state index >= 15 is 0 Å². The highest BCUT2D eigenvalue weighted by atomic mass is 16.5. The van der Waals surface area contributed by atoms with Crippen molar-refractivity contribution in [2.75, 3.05) is 7.11 Å². The van der Waals surface area contributed by atoms with Crippen LogP contribution in [0, 0.1) is 6.92 Å². The average Bonchev–Trinajstić information content (AvgIpc) is 3.09. The Labute approximate surface area is 198 Å². The van der Waals surface area contributed by atoms with Crippen LogP contribution in [-0.4, -0.2) is 38.8 Å². The number of Topliss-reactive ketones (excluding diaryl/α,β-unsaturated/α-hetero) is 1. The zero-order valence-corrected chi connectivity index (χ0v) is 19.6. The van der Waals surface area contributed by atoms with Crippen LogP contribution in [-0.2, 0) is 16.1 Å². The monoisotopic (exact) mass is 457 g/mol. The van der Waals surface area contributed by atoms with Crippen LogP contribution in [0.15, 0.2) is 66.6 Å². The van der Waals surface area contributed by atoms with Crippen molar-refractivity contribution >= 4 is 17.4 Å². The van der Waals surface area contributed by atoms with Crippen LogP contribution < -0.4 is 4.74 Å². The van der Waals surface area contributed by atoms with Crippen molar-refractivity contribution in [1.82, 2.24) is 14.9 Å². The number of aromatic nitrogens is 2. The van der Waals surface area contributed by atoms with Gasteiger partial charge in [-0.25, -0.2) is 0 Å². The normalized spacial score (nSPS) is 17.4. The Hall–Kier alpha value is -4.00. The maximum atomic E-state index is 13.3. The van der Waals surface area contributed by atoms with Crippen molar-refractivity contribution in [3.63, 3.8) is 0 Å². The topological polar surface area (TPSA) is 92.6 Å². The summed E-state index contributed by atoms with van der Waals surface area (Å²) < 4.78 is 5.52. The average molecular weight is 458 g/mol. The molecule has 3 heterocycles.